The number of anilines is 1. The molecule has 0 spiro atoms. The standard InChI is InChI=1S/C28H41NO2/c1-2-3-4-5-6-7-8-9-10-11-12-16-19-27(24-17-14-13-15-18-24)28(30)31-26-22-20-25(29)21-23-26/h13-15,17-18,20-23,27H,2-12,16,19,29H2,1H3. The van der Waals surface area contributed by atoms with Crippen LogP contribution < -0.4 is 10.5 Å². The molecule has 0 aliphatic rings. The maximum absolute atomic E-state index is 12.9. The number of hydrogen-bond acceptors (Lipinski definition) is 3. The summed E-state index contributed by atoms with van der Waals surface area (Å²) in [4.78, 5) is 12.9. The SMILES string of the molecule is CCCCCCCCCCCCCCC(C(=O)Oc1ccc(N)cc1)c1ccccc1. The van der Waals surface area contributed by atoms with Gasteiger partial charge in [-0.05, 0) is 36.2 Å². The summed E-state index contributed by atoms with van der Waals surface area (Å²) in [6.45, 7) is 2.27. The number of rotatable bonds is 16. The van der Waals surface area contributed by atoms with Gasteiger partial charge in [-0.1, -0.05) is 114 Å². The zero-order valence-electron chi connectivity index (χ0n) is 19.4. The first kappa shape index (κ1) is 25.0. The van der Waals surface area contributed by atoms with Crippen molar-refractivity contribution in [2.45, 2.75) is 96.3 Å². The van der Waals surface area contributed by atoms with Gasteiger partial charge >= 0.3 is 5.97 Å². The molecule has 1 atom stereocenters. The molecule has 1 unspecified atom stereocenters. The lowest BCUT2D eigenvalue weighted by Crippen LogP contribution is -2.19. The number of hydrogen-bond donors (Lipinski definition) is 1. The van der Waals surface area contributed by atoms with E-state index in [2.05, 4.69) is 6.92 Å². The predicted octanol–water partition coefficient (Wildman–Crippen LogP) is 8.05. The lowest BCUT2D eigenvalue weighted by atomic mass is 9.93. The Labute approximate surface area is 189 Å². The molecule has 2 rings (SSSR count). The van der Waals surface area contributed by atoms with Crippen LogP contribution in [0.25, 0.3) is 0 Å². The highest BCUT2D eigenvalue weighted by Gasteiger charge is 2.22. The summed E-state index contributed by atoms with van der Waals surface area (Å²) in [5, 5.41) is 0. The summed E-state index contributed by atoms with van der Waals surface area (Å²) in [6.07, 6.45) is 16.6. The molecule has 170 valence electrons. The topological polar surface area (TPSA) is 52.3 Å². The Kier molecular flexibility index (Phi) is 12.5. The van der Waals surface area contributed by atoms with Crippen LogP contribution in [-0.4, -0.2) is 5.97 Å². The minimum atomic E-state index is -0.220. The molecule has 3 heteroatoms. The first-order chi connectivity index (χ1) is 15.2. The Balaban J connectivity index is 1.68. The molecule has 0 saturated carbocycles. The average Bonchev–Trinajstić information content (AvgIpc) is 2.79. The molecule has 0 radical (unpaired) electrons. The molecular weight excluding hydrogens is 382 g/mol. The number of esters is 1. The molecule has 2 aromatic carbocycles. The third-order valence-corrected chi connectivity index (χ3v) is 5.93. The Morgan fingerprint density at radius 3 is 1.81 bits per heavy atom. The number of nitrogens with two attached hydrogens (primary N) is 1. The third-order valence-electron chi connectivity index (χ3n) is 5.93. The summed E-state index contributed by atoms with van der Waals surface area (Å²) in [5.41, 5.74) is 7.42. The Hall–Kier alpha value is -2.29. The van der Waals surface area contributed by atoms with Gasteiger partial charge in [0.05, 0.1) is 5.92 Å². The smallest absolute Gasteiger partial charge is 0.318 e. The molecule has 31 heavy (non-hydrogen) atoms. The monoisotopic (exact) mass is 423 g/mol. The maximum Gasteiger partial charge on any atom is 0.318 e. The van der Waals surface area contributed by atoms with E-state index in [1.54, 1.807) is 24.3 Å². The highest BCUT2D eigenvalue weighted by molar-refractivity contribution is 5.80. The van der Waals surface area contributed by atoms with Crippen LogP contribution in [0, 0.1) is 0 Å². The van der Waals surface area contributed by atoms with Crippen LogP contribution in [0.4, 0.5) is 5.69 Å². The fourth-order valence-corrected chi connectivity index (χ4v) is 4.02. The lowest BCUT2D eigenvalue weighted by molar-refractivity contribution is -0.136. The van der Waals surface area contributed by atoms with Gasteiger partial charge in [0.1, 0.15) is 5.75 Å². The molecule has 0 aromatic heterocycles. The van der Waals surface area contributed by atoms with E-state index in [0.717, 1.165) is 18.4 Å². The largest absolute Gasteiger partial charge is 0.426 e. The van der Waals surface area contributed by atoms with Gasteiger partial charge in [-0.2, -0.15) is 0 Å². The first-order valence-corrected chi connectivity index (χ1v) is 12.3. The zero-order valence-corrected chi connectivity index (χ0v) is 19.4. The first-order valence-electron chi connectivity index (χ1n) is 12.3. The minimum absolute atomic E-state index is 0.181. The average molecular weight is 424 g/mol. The van der Waals surface area contributed by atoms with Gasteiger partial charge in [0, 0.05) is 5.69 Å². The molecule has 0 fully saturated rings. The molecule has 0 aliphatic heterocycles. The van der Waals surface area contributed by atoms with Gasteiger partial charge in [-0.25, -0.2) is 0 Å². The van der Waals surface area contributed by atoms with E-state index < -0.39 is 0 Å². The van der Waals surface area contributed by atoms with E-state index in [4.69, 9.17) is 10.5 Å². The van der Waals surface area contributed by atoms with E-state index in [-0.39, 0.29) is 11.9 Å². The van der Waals surface area contributed by atoms with Gasteiger partial charge in [0.15, 0.2) is 0 Å². The van der Waals surface area contributed by atoms with E-state index in [0.29, 0.717) is 11.4 Å². The molecule has 0 saturated heterocycles. The van der Waals surface area contributed by atoms with Crippen LogP contribution in [0.3, 0.4) is 0 Å². The molecule has 0 amide bonds. The van der Waals surface area contributed by atoms with E-state index in [1.807, 2.05) is 30.3 Å². The van der Waals surface area contributed by atoms with Crippen LogP contribution in [0.2, 0.25) is 0 Å². The van der Waals surface area contributed by atoms with Crippen LogP contribution in [-0.2, 0) is 4.79 Å². The van der Waals surface area contributed by atoms with Crippen molar-refractivity contribution in [3.05, 3.63) is 60.2 Å². The van der Waals surface area contributed by atoms with Crippen LogP contribution in [0.5, 0.6) is 5.75 Å². The van der Waals surface area contributed by atoms with Gasteiger partial charge < -0.3 is 10.5 Å². The number of carbonyl (C=O) groups is 1. The van der Waals surface area contributed by atoms with Crippen LogP contribution in [0.1, 0.15) is 102 Å². The van der Waals surface area contributed by atoms with Crippen molar-refractivity contribution in [1.82, 2.24) is 0 Å². The van der Waals surface area contributed by atoms with Gasteiger partial charge in [-0.3, -0.25) is 4.79 Å². The van der Waals surface area contributed by atoms with Crippen molar-refractivity contribution >= 4 is 11.7 Å². The summed E-state index contributed by atoms with van der Waals surface area (Å²) >= 11 is 0. The highest BCUT2D eigenvalue weighted by Crippen LogP contribution is 2.26. The predicted molar refractivity (Wildman–Crippen MR) is 131 cm³/mol. The third kappa shape index (κ3) is 10.5. The van der Waals surface area contributed by atoms with Gasteiger partial charge in [-0.15, -0.1) is 0 Å². The van der Waals surface area contributed by atoms with Crippen molar-refractivity contribution < 1.29 is 9.53 Å². The number of carbonyl (C=O) groups excluding carboxylic acids is 1. The number of benzene rings is 2. The molecular formula is C28H41NO2. The molecule has 0 aliphatic carbocycles. The zero-order chi connectivity index (χ0) is 22.2. The summed E-state index contributed by atoms with van der Waals surface area (Å²) < 4.78 is 5.65. The Morgan fingerprint density at radius 1 is 0.742 bits per heavy atom. The Morgan fingerprint density at radius 2 is 1.26 bits per heavy atom. The quantitative estimate of drug-likeness (QED) is 0.129. The molecule has 3 nitrogen and oxygen atoms in total. The lowest BCUT2D eigenvalue weighted by Gasteiger charge is -2.16. The summed E-state index contributed by atoms with van der Waals surface area (Å²) in [5.74, 6) is 0.149. The fraction of sp³-hybridized carbons (Fsp3) is 0.536. The summed E-state index contributed by atoms with van der Waals surface area (Å²) in [6, 6.07) is 17.0. The number of unbranched alkanes of at least 4 members (excludes halogenated alkanes) is 11. The molecule has 0 bridgehead atoms. The van der Waals surface area contributed by atoms with Crippen molar-refractivity contribution in [2.24, 2.45) is 0 Å². The van der Waals surface area contributed by atoms with Crippen LogP contribution in [0.15, 0.2) is 54.6 Å². The van der Waals surface area contributed by atoms with E-state index in [9.17, 15) is 4.79 Å². The van der Waals surface area contributed by atoms with Crippen molar-refractivity contribution in [3.63, 3.8) is 0 Å². The molecule has 2 aromatic rings. The second-order valence-corrected chi connectivity index (χ2v) is 8.63. The molecule has 0 heterocycles. The normalized spacial score (nSPS) is 11.9. The molecule has 2 N–H and O–H groups in total. The van der Waals surface area contributed by atoms with E-state index >= 15 is 0 Å². The highest BCUT2D eigenvalue weighted by atomic mass is 16.5. The van der Waals surface area contributed by atoms with Gasteiger partial charge in [0.25, 0.3) is 0 Å². The second kappa shape index (κ2) is 15.5. The fourth-order valence-electron chi connectivity index (χ4n) is 4.02. The maximum atomic E-state index is 12.9. The summed E-state index contributed by atoms with van der Waals surface area (Å²) in [7, 11) is 0. The second-order valence-electron chi connectivity index (χ2n) is 8.63. The minimum Gasteiger partial charge on any atom is -0.426 e. The van der Waals surface area contributed by atoms with Gasteiger partial charge in [0.2, 0.25) is 0 Å². The number of nitrogen functional groups attached to an aromatic ring is 1. The Bertz CT molecular complexity index is 712. The van der Waals surface area contributed by atoms with Crippen molar-refractivity contribution in [3.8, 4) is 5.75 Å². The van der Waals surface area contributed by atoms with Crippen molar-refractivity contribution in [2.75, 3.05) is 5.73 Å². The van der Waals surface area contributed by atoms with Crippen molar-refractivity contribution in [1.29, 1.82) is 0 Å². The number of ether oxygens (including phenoxy) is 1. The van der Waals surface area contributed by atoms with E-state index in [1.165, 1.54) is 70.6 Å². The van der Waals surface area contributed by atoms with Crippen LogP contribution >= 0.6 is 0 Å².